The molecule has 0 bridgehead atoms. The van der Waals surface area contributed by atoms with E-state index in [-0.39, 0.29) is 30.1 Å². The molecule has 180 valence electrons. The second-order valence-corrected chi connectivity index (χ2v) is 9.46. The van der Waals surface area contributed by atoms with E-state index in [1.807, 2.05) is 24.8 Å². The van der Waals surface area contributed by atoms with Gasteiger partial charge in [-0.2, -0.15) is 4.98 Å². The van der Waals surface area contributed by atoms with E-state index >= 15 is 0 Å². The van der Waals surface area contributed by atoms with Crippen LogP contribution in [0.5, 0.6) is 0 Å². The molecule has 0 spiro atoms. The van der Waals surface area contributed by atoms with Gasteiger partial charge in [-0.05, 0) is 44.4 Å². The summed E-state index contributed by atoms with van der Waals surface area (Å²) in [5.41, 5.74) is 2.36. The minimum absolute atomic E-state index is 0.00520. The van der Waals surface area contributed by atoms with Crippen LogP contribution in [0.25, 0.3) is 11.1 Å². The van der Waals surface area contributed by atoms with Crippen LogP contribution in [0.2, 0.25) is 0 Å². The number of carbonyl (C=O) groups excluding carboxylic acids is 1. The van der Waals surface area contributed by atoms with Crippen LogP contribution >= 0.6 is 0 Å². The minimum Gasteiger partial charge on any atom is -0.446 e. The number of hydrogen-bond donors (Lipinski definition) is 0. The number of oxazole rings is 1. The second-order valence-electron chi connectivity index (χ2n) is 9.46. The number of nitrogens with zero attached hydrogens (tertiary/aromatic N) is 4. The Morgan fingerprint density at radius 1 is 1.09 bits per heavy atom. The zero-order valence-corrected chi connectivity index (χ0v) is 19.7. The smallest absolute Gasteiger partial charge is 0.410 e. The van der Waals surface area contributed by atoms with Crippen LogP contribution in [0, 0.1) is 5.82 Å². The van der Waals surface area contributed by atoms with Crippen molar-refractivity contribution in [3.8, 4) is 0 Å². The van der Waals surface area contributed by atoms with Gasteiger partial charge < -0.3 is 19.0 Å². The standard InChI is InChI=1S/C26H31FN4O3/c1-18-16-31(19(2)15-30(18)25-28-23-14-21(27)8-9-24(23)34-25)26(32)33-22-10-12-29(13-11-22)17-20-6-4-3-5-7-20/h3-9,14,18-19,22H,10-13,15-17H2,1-2H3/t18-,19+/m0/s1. The van der Waals surface area contributed by atoms with Gasteiger partial charge in [0, 0.05) is 50.9 Å². The first-order chi connectivity index (χ1) is 16.5. The molecule has 0 radical (unpaired) electrons. The number of likely N-dealkylation sites (tertiary alicyclic amines) is 1. The molecule has 1 aromatic heterocycles. The Kier molecular flexibility index (Phi) is 6.41. The van der Waals surface area contributed by atoms with Gasteiger partial charge in [0.25, 0.3) is 6.01 Å². The van der Waals surface area contributed by atoms with Crippen molar-refractivity contribution in [3.05, 3.63) is 59.9 Å². The van der Waals surface area contributed by atoms with Crippen molar-refractivity contribution in [2.75, 3.05) is 31.1 Å². The van der Waals surface area contributed by atoms with Crippen LogP contribution in [0.15, 0.2) is 52.9 Å². The van der Waals surface area contributed by atoms with Crippen LogP contribution in [0.4, 0.5) is 15.2 Å². The maximum Gasteiger partial charge on any atom is 0.410 e. The Bertz CT molecular complexity index is 1130. The van der Waals surface area contributed by atoms with E-state index in [0.717, 1.165) is 32.5 Å². The lowest BCUT2D eigenvalue weighted by Crippen LogP contribution is -2.59. The number of amides is 1. The van der Waals surface area contributed by atoms with Crippen LogP contribution < -0.4 is 4.90 Å². The summed E-state index contributed by atoms with van der Waals surface area (Å²) in [5, 5.41) is 0. The molecule has 3 heterocycles. The highest BCUT2D eigenvalue weighted by molar-refractivity contribution is 5.75. The first-order valence-electron chi connectivity index (χ1n) is 12.0. The van der Waals surface area contributed by atoms with E-state index in [1.54, 1.807) is 11.0 Å². The number of anilines is 1. The van der Waals surface area contributed by atoms with Gasteiger partial charge in [-0.3, -0.25) is 4.90 Å². The van der Waals surface area contributed by atoms with Crippen molar-refractivity contribution < 1.29 is 18.3 Å². The fraction of sp³-hybridized carbons (Fsp3) is 0.462. The van der Waals surface area contributed by atoms with E-state index < -0.39 is 0 Å². The third-order valence-electron chi connectivity index (χ3n) is 6.86. The summed E-state index contributed by atoms with van der Waals surface area (Å²) >= 11 is 0. The van der Waals surface area contributed by atoms with Crippen molar-refractivity contribution in [2.45, 2.75) is 51.4 Å². The highest BCUT2D eigenvalue weighted by Crippen LogP contribution is 2.28. The van der Waals surface area contributed by atoms with Crippen molar-refractivity contribution in [2.24, 2.45) is 0 Å². The molecule has 2 aliphatic heterocycles. The first-order valence-corrected chi connectivity index (χ1v) is 12.0. The number of ether oxygens (including phenoxy) is 1. The van der Waals surface area contributed by atoms with Gasteiger partial charge in [0.1, 0.15) is 17.4 Å². The highest BCUT2D eigenvalue weighted by atomic mass is 19.1. The fourth-order valence-corrected chi connectivity index (χ4v) is 4.90. The minimum atomic E-state index is -0.341. The molecule has 0 aliphatic carbocycles. The summed E-state index contributed by atoms with van der Waals surface area (Å²) in [4.78, 5) is 23.7. The summed E-state index contributed by atoms with van der Waals surface area (Å²) in [7, 11) is 0. The quantitative estimate of drug-likeness (QED) is 0.557. The van der Waals surface area contributed by atoms with Crippen LogP contribution in [-0.4, -0.2) is 65.2 Å². The lowest BCUT2D eigenvalue weighted by Gasteiger charge is -2.43. The van der Waals surface area contributed by atoms with Gasteiger partial charge >= 0.3 is 6.09 Å². The van der Waals surface area contributed by atoms with Gasteiger partial charge in [0.05, 0.1) is 0 Å². The predicted molar refractivity (Wildman–Crippen MR) is 128 cm³/mol. The normalized spacial score (nSPS) is 22.3. The topological polar surface area (TPSA) is 62.1 Å². The van der Waals surface area contributed by atoms with E-state index in [2.05, 4.69) is 34.1 Å². The average Bonchev–Trinajstić information content (AvgIpc) is 3.25. The summed E-state index contributed by atoms with van der Waals surface area (Å²) in [6.07, 6.45) is 1.40. The maximum atomic E-state index is 13.5. The molecule has 2 aromatic carbocycles. The maximum absolute atomic E-state index is 13.5. The summed E-state index contributed by atoms with van der Waals surface area (Å²) in [6.45, 7) is 7.89. The summed E-state index contributed by atoms with van der Waals surface area (Å²) in [6, 6.07) is 15.2. The number of carbonyl (C=O) groups is 1. The van der Waals surface area contributed by atoms with Crippen molar-refractivity contribution in [1.82, 2.24) is 14.8 Å². The van der Waals surface area contributed by atoms with Crippen LogP contribution in [0.1, 0.15) is 32.3 Å². The molecule has 1 amide bonds. The van der Waals surface area contributed by atoms with Gasteiger partial charge in [-0.25, -0.2) is 9.18 Å². The van der Waals surface area contributed by atoms with Crippen LogP contribution in [0.3, 0.4) is 0 Å². The Morgan fingerprint density at radius 3 is 2.62 bits per heavy atom. The van der Waals surface area contributed by atoms with Crippen molar-refractivity contribution in [3.63, 3.8) is 0 Å². The Labute approximate surface area is 199 Å². The average molecular weight is 467 g/mol. The van der Waals surface area contributed by atoms with Gasteiger partial charge in [0.2, 0.25) is 0 Å². The number of benzene rings is 2. The first kappa shape index (κ1) is 22.7. The third kappa shape index (κ3) is 4.87. The largest absolute Gasteiger partial charge is 0.446 e. The zero-order chi connectivity index (χ0) is 23.7. The fourth-order valence-electron chi connectivity index (χ4n) is 4.90. The molecule has 34 heavy (non-hydrogen) atoms. The Balaban J connectivity index is 1.15. The number of fused-ring (bicyclic) bond motifs is 1. The summed E-state index contributed by atoms with van der Waals surface area (Å²) < 4.78 is 25.3. The Morgan fingerprint density at radius 2 is 1.85 bits per heavy atom. The van der Waals surface area contributed by atoms with Crippen LogP contribution in [-0.2, 0) is 11.3 Å². The van der Waals surface area contributed by atoms with E-state index in [0.29, 0.717) is 30.2 Å². The monoisotopic (exact) mass is 466 g/mol. The molecule has 8 heteroatoms. The molecular weight excluding hydrogens is 435 g/mol. The molecule has 2 fully saturated rings. The number of piperazine rings is 1. The summed E-state index contributed by atoms with van der Waals surface area (Å²) in [5.74, 6) is -0.341. The highest BCUT2D eigenvalue weighted by Gasteiger charge is 2.36. The van der Waals surface area contributed by atoms with Crippen molar-refractivity contribution in [1.29, 1.82) is 0 Å². The molecule has 0 N–H and O–H groups in total. The van der Waals surface area contributed by atoms with E-state index in [1.165, 1.54) is 17.7 Å². The van der Waals surface area contributed by atoms with Gasteiger partial charge in [-0.1, -0.05) is 30.3 Å². The molecule has 2 aliphatic rings. The third-order valence-corrected chi connectivity index (χ3v) is 6.86. The molecule has 2 saturated heterocycles. The van der Waals surface area contributed by atoms with Gasteiger partial charge in [0.15, 0.2) is 5.58 Å². The number of piperidine rings is 1. The number of halogens is 1. The SMILES string of the molecule is C[C@@H]1CN(c2nc3cc(F)ccc3o2)[C@@H](C)CN1C(=O)OC1CCN(Cc2ccccc2)CC1. The lowest BCUT2D eigenvalue weighted by molar-refractivity contribution is 0.0163. The molecule has 2 atom stereocenters. The number of rotatable bonds is 4. The molecule has 5 rings (SSSR count). The molecule has 0 saturated carbocycles. The van der Waals surface area contributed by atoms with E-state index in [4.69, 9.17) is 9.15 Å². The second kappa shape index (κ2) is 9.62. The number of hydrogen-bond acceptors (Lipinski definition) is 6. The van der Waals surface area contributed by atoms with Crippen molar-refractivity contribution >= 4 is 23.2 Å². The predicted octanol–water partition coefficient (Wildman–Crippen LogP) is 4.67. The molecular formula is C26H31FN4O3. The van der Waals surface area contributed by atoms with E-state index in [9.17, 15) is 9.18 Å². The lowest BCUT2D eigenvalue weighted by atomic mass is 10.1. The van der Waals surface area contributed by atoms with Gasteiger partial charge in [-0.15, -0.1) is 0 Å². The molecule has 7 nitrogen and oxygen atoms in total. The molecule has 0 unspecified atom stereocenters. The molecule has 3 aromatic rings. The zero-order valence-electron chi connectivity index (χ0n) is 19.7. The number of aromatic nitrogens is 1. The Hall–Kier alpha value is -3.13.